The van der Waals surface area contributed by atoms with Crippen LogP contribution in [0, 0.1) is 12.8 Å². The summed E-state index contributed by atoms with van der Waals surface area (Å²) in [5.74, 6) is -0.931. The van der Waals surface area contributed by atoms with Gasteiger partial charge in [0.15, 0.2) is 5.78 Å². The Bertz CT molecular complexity index is 1600. The summed E-state index contributed by atoms with van der Waals surface area (Å²) in [5.41, 5.74) is 0.928. The number of nitrogens with one attached hydrogen (secondary N) is 2. The van der Waals surface area contributed by atoms with E-state index in [0.717, 1.165) is 12.0 Å². The van der Waals surface area contributed by atoms with Gasteiger partial charge in [-0.25, -0.2) is 0 Å². The lowest BCUT2D eigenvalue weighted by Gasteiger charge is -2.43. The second-order valence-electron chi connectivity index (χ2n) is 11.6. The summed E-state index contributed by atoms with van der Waals surface area (Å²) in [7, 11) is 0. The highest BCUT2D eigenvalue weighted by molar-refractivity contribution is 6.35. The number of anilines is 2. The molecule has 3 aromatic carbocycles. The molecule has 0 bridgehead atoms. The van der Waals surface area contributed by atoms with Crippen LogP contribution in [0.1, 0.15) is 53.7 Å². The molecule has 0 aliphatic carbocycles. The van der Waals surface area contributed by atoms with Crippen molar-refractivity contribution in [3.63, 3.8) is 0 Å². The fraction of sp³-hybridized carbons (Fsp3) is 0.344. The second kappa shape index (κ2) is 8.66. The van der Waals surface area contributed by atoms with Crippen LogP contribution in [-0.4, -0.2) is 41.2 Å². The molecule has 0 saturated carbocycles. The number of para-hydroxylation sites is 1. The Balaban J connectivity index is 1.51. The number of nitrogens with zero attached hydrogens (tertiary/aromatic N) is 1. The summed E-state index contributed by atoms with van der Waals surface area (Å²) in [5, 5.41) is 6.54. The van der Waals surface area contributed by atoms with Crippen LogP contribution in [0.15, 0.2) is 60.7 Å². The molecule has 4 atom stereocenters. The first kappa shape index (κ1) is 25.3. The highest BCUT2D eigenvalue weighted by Crippen LogP contribution is 2.68. The van der Waals surface area contributed by atoms with Crippen LogP contribution < -0.4 is 15.4 Å². The molecule has 8 heteroatoms. The quantitative estimate of drug-likeness (QED) is 0.418. The van der Waals surface area contributed by atoms with Crippen LogP contribution in [0.25, 0.3) is 0 Å². The number of ketones is 1. The van der Waals surface area contributed by atoms with Crippen molar-refractivity contribution in [2.45, 2.75) is 56.7 Å². The zero-order chi connectivity index (χ0) is 28.0. The van der Waals surface area contributed by atoms with Gasteiger partial charge in [0.05, 0.1) is 22.7 Å². The van der Waals surface area contributed by atoms with E-state index in [2.05, 4.69) is 15.5 Å². The van der Waals surface area contributed by atoms with Crippen LogP contribution in [-0.2, 0) is 20.5 Å². The largest absolute Gasteiger partial charge is 0.491 e. The van der Waals surface area contributed by atoms with E-state index in [1.165, 1.54) is 0 Å². The Kier molecular flexibility index (Phi) is 5.48. The molecule has 2 fully saturated rings. The lowest BCUT2D eigenvalue weighted by atomic mass is 9.57. The molecule has 4 heterocycles. The Morgan fingerprint density at radius 3 is 2.52 bits per heavy atom. The smallest absolute Gasteiger partial charge is 0.251 e. The molecule has 204 valence electrons. The average Bonchev–Trinajstić information content (AvgIpc) is 3.63. The van der Waals surface area contributed by atoms with E-state index in [9.17, 15) is 14.4 Å². The predicted molar refractivity (Wildman–Crippen MR) is 153 cm³/mol. The molecule has 0 unspecified atom stereocenters. The number of ether oxygens (including phenoxy) is 1. The number of aryl methyl sites for hydroxylation is 1. The topological polar surface area (TPSA) is 87.7 Å². The summed E-state index contributed by atoms with van der Waals surface area (Å²) >= 11 is 6.71. The normalized spacial score (nSPS) is 28.1. The van der Waals surface area contributed by atoms with Gasteiger partial charge in [-0.15, -0.1) is 0 Å². The van der Waals surface area contributed by atoms with Gasteiger partial charge in [0.1, 0.15) is 16.7 Å². The maximum Gasteiger partial charge on any atom is 0.251 e. The van der Waals surface area contributed by atoms with Crippen LogP contribution in [0.4, 0.5) is 11.4 Å². The number of hydrogen-bond acceptors (Lipinski definition) is 5. The highest BCUT2D eigenvalue weighted by atomic mass is 35.5. The predicted octanol–water partition coefficient (Wildman–Crippen LogP) is 5.45. The number of amides is 2. The zero-order valence-corrected chi connectivity index (χ0v) is 23.3. The van der Waals surface area contributed by atoms with E-state index in [1.54, 1.807) is 24.3 Å². The molecule has 4 aliphatic heterocycles. The molecule has 7 rings (SSSR count). The van der Waals surface area contributed by atoms with E-state index < -0.39 is 16.9 Å². The number of carbonyl (C=O) groups excluding carboxylic acids is 3. The van der Waals surface area contributed by atoms with Gasteiger partial charge in [0.2, 0.25) is 5.91 Å². The number of benzene rings is 3. The summed E-state index contributed by atoms with van der Waals surface area (Å²) in [6.07, 6.45) is 1.52. The zero-order valence-electron chi connectivity index (χ0n) is 22.6. The van der Waals surface area contributed by atoms with E-state index in [-0.39, 0.29) is 29.7 Å². The van der Waals surface area contributed by atoms with Crippen molar-refractivity contribution in [2.24, 2.45) is 5.92 Å². The lowest BCUT2D eigenvalue weighted by Crippen LogP contribution is -2.62. The standard InChI is InChI=1S/C32H30ClN3O4/c1-17(2)40-20-12-10-19(11-13-20)28(37)26-25-9-6-14-36(25)32(22-15-18(3)16-23(33)27(22)35-30(32)39)31(26)21-7-4-5-8-24(21)34-29(31)38/h4-5,7-8,10-13,15-17,25-26H,6,9,14H2,1-3H3,(H,34,38)(H,35,39)/t25-,26+,31+,32-/m1/s1. The molecule has 7 nitrogen and oxygen atoms in total. The number of Topliss-reactive ketones (excluding diaryl/α,β-unsaturated/α-hetero) is 1. The molecule has 2 spiro atoms. The number of halogens is 1. The lowest BCUT2D eigenvalue weighted by molar-refractivity contribution is -0.137. The number of rotatable bonds is 4. The molecule has 0 radical (unpaired) electrons. The Morgan fingerprint density at radius 2 is 1.77 bits per heavy atom. The van der Waals surface area contributed by atoms with Gasteiger partial charge in [0, 0.05) is 22.9 Å². The van der Waals surface area contributed by atoms with Crippen molar-refractivity contribution in [3.8, 4) is 5.75 Å². The Morgan fingerprint density at radius 1 is 1.02 bits per heavy atom. The third-order valence-corrected chi connectivity index (χ3v) is 9.39. The first-order valence-corrected chi connectivity index (χ1v) is 14.2. The van der Waals surface area contributed by atoms with Crippen molar-refractivity contribution < 1.29 is 19.1 Å². The van der Waals surface area contributed by atoms with Crippen molar-refractivity contribution in [1.82, 2.24) is 4.90 Å². The second-order valence-corrected chi connectivity index (χ2v) is 12.0. The van der Waals surface area contributed by atoms with E-state index in [4.69, 9.17) is 16.3 Å². The summed E-state index contributed by atoms with van der Waals surface area (Å²) in [6.45, 7) is 6.41. The number of carbonyl (C=O) groups is 3. The SMILES string of the molecule is Cc1cc(Cl)c2c(c1)[C@]1(C(=O)N2)N2CCC[C@@H]2[C@@H](C(=O)c2ccc(OC(C)C)cc2)[C@@]12C(=O)Nc1ccccc12. The maximum atomic E-state index is 14.7. The minimum atomic E-state index is -1.49. The molecule has 2 N–H and O–H groups in total. The molecule has 4 aliphatic rings. The van der Waals surface area contributed by atoms with E-state index in [1.807, 2.05) is 57.2 Å². The monoisotopic (exact) mass is 555 g/mol. The van der Waals surface area contributed by atoms with Gasteiger partial charge in [-0.2, -0.15) is 0 Å². The average molecular weight is 556 g/mol. The number of fused-ring (bicyclic) bond motifs is 7. The van der Waals surface area contributed by atoms with Crippen molar-refractivity contribution >= 4 is 40.6 Å². The molecular formula is C32H30ClN3O4. The molecule has 2 saturated heterocycles. The minimum absolute atomic E-state index is 0.00136. The third kappa shape index (κ3) is 3.02. The fourth-order valence-electron chi connectivity index (χ4n) is 7.92. The molecule has 0 aromatic heterocycles. The molecule has 3 aromatic rings. The first-order chi connectivity index (χ1) is 19.2. The van der Waals surface area contributed by atoms with Gasteiger partial charge in [-0.1, -0.05) is 35.9 Å². The minimum Gasteiger partial charge on any atom is -0.491 e. The maximum absolute atomic E-state index is 14.7. The highest BCUT2D eigenvalue weighted by Gasteiger charge is 2.81. The summed E-state index contributed by atoms with van der Waals surface area (Å²) in [4.78, 5) is 45.9. The Hall–Kier alpha value is -3.68. The molecule has 40 heavy (non-hydrogen) atoms. The molecule has 2 amide bonds. The van der Waals surface area contributed by atoms with Gasteiger partial charge >= 0.3 is 0 Å². The number of hydrogen-bond donors (Lipinski definition) is 2. The molecular weight excluding hydrogens is 526 g/mol. The van der Waals surface area contributed by atoms with Gasteiger partial charge < -0.3 is 15.4 Å². The van der Waals surface area contributed by atoms with Crippen molar-refractivity contribution in [3.05, 3.63) is 87.9 Å². The summed E-state index contributed by atoms with van der Waals surface area (Å²) in [6, 6.07) is 18.0. The summed E-state index contributed by atoms with van der Waals surface area (Å²) < 4.78 is 5.80. The third-order valence-electron chi connectivity index (χ3n) is 9.09. The van der Waals surface area contributed by atoms with Crippen LogP contribution in [0.3, 0.4) is 0 Å². The van der Waals surface area contributed by atoms with Gasteiger partial charge in [-0.05, 0) is 87.7 Å². The fourth-order valence-corrected chi connectivity index (χ4v) is 8.24. The Labute approximate surface area is 237 Å². The van der Waals surface area contributed by atoms with Crippen LogP contribution >= 0.6 is 11.6 Å². The van der Waals surface area contributed by atoms with Gasteiger partial charge in [-0.3, -0.25) is 19.3 Å². The van der Waals surface area contributed by atoms with Crippen LogP contribution in [0.2, 0.25) is 5.02 Å². The van der Waals surface area contributed by atoms with Crippen LogP contribution in [0.5, 0.6) is 5.75 Å². The first-order valence-electron chi connectivity index (χ1n) is 13.8. The van der Waals surface area contributed by atoms with E-state index in [0.29, 0.717) is 51.8 Å². The van der Waals surface area contributed by atoms with Crippen molar-refractivity contribution in [1.29, 1.82) is 0 Å². The van der Waals surface area contributed by atoms with E-state index >= 15 is 0 Å². The van der Waals surface area contributed by atoms with Crippen molar-refractivity contribution in [2.75, 3.05) is 17.2 Å². The van der Waals surface area contributed by atoms with Gasteiger partial charge in [0.25, 0.3) is 5.91 Å².